The summed E-state index contributed by atoms with van der Waals surface area (Å²) in [4.78, 5) is 24.6. The monoisotopic (exact) mass is 413 g/mol. The number of ether oxygens (including phenoxy) is 3. The highest BCUT2D eigenvalue weighted by molar-refractivity contribution is 5.84. The molecule has 0 unspecified atom stereocenters. The first-order chi connectivity index (χ1) is 14.3. The van der Waals surface area contributed by atoms with Crippen molar-refractivity contribution in [1.82, 2.24) is 5.32 Å². The summed E-state index contributed by atoms with van der Waals surface area (Å²) < 4.78 is 16.2. The molecule has 30 heavy (non-hydrogen) atoms. The summed E-state index contributed by atoms with van der Waals surface area (Å²) in [6.45, 7) is 6.39. The van der Waals surface area contributed by atoms with E-state index in [4.69, 9.17) is 14.2 Å². The number of esters is 1. The molecule has 0 spiro atoms. The molecular formula is C24H31NO5. The van der Waals surface area contributed by atoms with E-state index in [1.807, 2.05) is 54.6 Å². The van der Waals surface area contributed by atoms with Crippen molar-refractivity contribution in [3.63, 3.8) is 0 Å². The lowest BCUT2D eigenvalue weighted by molar-refractivity contribution is -0.158. The van der Waals surface area contributed by atoms with Gasteiger partial charge in [-0.3, -0.25) is 9.59 Å². The topological polar surface area (TPSA) is 73.9 Å². The summed E-state index contributed by atoms with van der Waals surface area (Å²) in [5, 5.41) is 2.86. The standard InChI is InChI=1S/C24H31NO5/c1-24(2,3)30-22(26)14-20(17-28-4)23(27)25-15-18-10-12-21(13-11-18)29-16-19-8-6-5-7-9-19/h5-13,20H,14-17H2,1-4H3,(H,25,27)/t20-/m1/s1. The molecule has 6 nitrogen and oxygen atoms in total. The van der Waals surface area contributed by atoms with Crippen molar-refractivity contribution in [1.29, 1.82) is 0 Å². The van der Waals surface area contributed by atoms with Crippen molar-refractivity contribution in [2.75, 3.05) is 13.7 Å². The minimum absolute atomic E-state index is 0.0246. The number of carbonyl (C=O) groups is 2. The fourth-order valence-corrected chi connectivity index (χ4v) is 2.79. The van der Waals surface area contributed by atoms with Crippen LogP contribution in [0.2, 0.25) is 0 Å². The fraction of sp³-hybridized carbons (Fsp3) is 0.417. The van der Waals surface area contributed by atoms with Gasteiger partial charge in [0.15, 0.2) is 0 Å². The number of benzene rings is 2. The number of amides is 1. The Morgan fingerprint density at radius 3 is 2.23 bits per heavy atom. The van der Waals surface area contributed by atoms with Gasteiger partial charge in [-0.05, 0) is 44.0 Å². The summed E-state index contributed by atoms with van der Waals surface area (Å²) in [7, 11) is 1.50. The van der Waals surface area contributed by atoms with Crippen molar-refractivity contribution in [2.24, 2.45) is 5.92 Å². The van der Waals surface area contributed by atoms with E-state index < -0.39 is 17.5 Å². The zero-order valence-corrected chi connectivity index (χ0v) is 18.1. The van der Waals surface area contributed by atoms with Crippen LogP contribution in [0.1, 0.15) is 38.3 Å². The molecule has 2 aromatic carbocycles. The predicted molar refractivity (Wildman–Crippen MR) is 115 cm³/mol. The van der Waals surface area contributed by atoms with Crippen LogP contribution < -0.4 is 10.1 Å². The minimum Gasteiger partial charge on any atom is -0.489 e. The van der Waals surface area contributed by atoms with Gasteiger partial charge in [-0.1, -0.05) is 42.5 Å². The van der Waals surface area contributed by atoms with E-state index in [9.17, 15) is 9.59 Å². The Bertz CT molecular complexity index is 797. The van der Waals surface area contributed by atoms with E-state index in [0.717, 1.165) is 16.9 Å². The Labute approximate surface area is 178 Å². The summed E-state index contributed by atoms with van der Waals surface area (Å²) in [5.41, 5.74) is 1.45. The molecule has 2 rings (SSSR count). The van der Waals surface area contributed by atoms with Gasteiger partial charge < -0.3 is 19.5 Å². The quantitative estimate of drug-likeness (QED) is 0.599. The highest BCUT2D eigenvalue weighted by atomic mass is 16.6. The van der Waals surface area contributed by atoms with Crippen molar-refractivity contribution in [3.8, 4) is 5.75 Å². The number of hydrogen-bond acceptors (Lipinski definition) is 5. The molecule has 1 atom stereocenters. The van der Waals surface area contributed by atoms with Crippen LogP contribution in [-0.2, 0) is 32.2 Å². The van der Waals surface area contributed by atoms with Crippen LogP contribution in [0.15, 0.2) is 54.6 Å². The van der Waals surface area contributed by atoms with E-state index in [-0.39, 0.29) is 18.9 Å². The Hall–Kier alpha value is -2.86. The first-order valence-corrected chi connectivity index (χ1v) is 10.0. The van der Waals surface area contributed by atoms with Gasteiger partial charge in [0.25, 0.3) is 0 Å². The van der Waals surface area contributed by atoms with E-state index >= 15 is 0 Å². The normalized spacial score (nSPS) is 12.1. The maximum Gasteiger partial charge on any atom is 0.307 e. The Balaban J connectivity index is 1.83. The van der Waals surface area contributed by atoms with Crippen LogP contribution in [0.5, 0.6) is 5.75 Å². The lowest BCUT2D eigenvalue weighted by Crippen LogP contribution is -2.35. The molecule has 1 N–H and O–H groups in total. The molecule has 162 valence electrons. The van der Waals surface area contributed by atoms with Gasteiger partial charge >= 0.3 is 5.97 Å². The van der Waals surface area contributed by atoms with Gasteiger partial charge in [0, 0.05) is 13.7 Å². The number of rotatable bonds is 10. The van der Waals surface area contributed by atoms with E-state index in [0.29, 0.717) is 13.2 Å². The van der Waals surface area contributed by atoms with Crippen molar-refractivity contribution < 1.29 is 23.8 Å². The first kappa shape index (κ1) is 23.4. The van der Waals surface area contributed by atoms with Gasteiger partial charge in [-0.2, -0.15) is 0 Å². The zero-order chi connectivity index (χ0) is 22.0. The van der Waals surface area contributed by atoms with Crippen LogP contribution in [0.4, 0.5) is 0 Å². The van der Waals surface area contributed by atoms with E-state index in [1.165, 1.54) is 7.11 Å². The van der Waals surface area contributed by atoms with Gasteiger partial charge in [0.1, 0.15) is 18.0 Å². The SMILES string of the molecule is COC[C@@H](CC(=O)OC(C)(C)C)C(=O)NCc1ccc(OCc2ccccc2)cc1. The molecule has 1 amide bonds. The van der Waals surface area contributed by atoms with Crippen LogP contribution in [0.3, 0.4) is 0 Å². The molecule has 0 saturated heterocycles. The molecule has 0 aromatic heterocycles. The molecule has 0 radical (unpaired) electrons. The molecule has 0 bridgehead atoms. The maximum atomic E-state index is 12.5. The van der Waals surface area contributed by atoms with Gasteiger partial charge in [-0.25, -0.2) is 0 Å². The van der Waals surface area contributed by atoms with Gasteiger partial charge in [0.05, 0.1) is 18.9 Å². The molecule has 0 aliphatic rings. The second kappa shape index (κ2) is 11.4. The summed E-state index contributed by atoms with van der Waals surface area (Å²) in [6, 6.07) is 17.5. The molecule has 0 heterocycles. The third-order valence-electron chi connectivity index (χ3n) is 4.21. The van der Waals surface area contributed by atoms with E-state index in [1.54, 1.807) is 20.8 Å². The highest BCUT2D eigenvalue weighted by Crippen LogP contribution is 2.15. The van der Waals surface area contributed by atoms with Crippen LogP contribution in [-0.4, -0.2) is 31.2 Å². The Kier molecular flexibility index (Phi) is 8.87. The number of methoxy groups -OCH3 is 1. The fourth-order valence-electron chi connectivity index (χ4n) is 2.79. The number of nitrogens with one attached hydrogen (secondary N) is 1. The summed E-state index contributed by atoms with van der Waals surface area (Å²) in [5.74, 6) is -0.499. The van der Waals surface area contributed by atoms with Crippen LogP contribution in [0.25, 0.3) is 0 Å². The Morgan fingerprint density at radius 2 is 1.63 bits per heavy atom. The van der Waals surface area contributed by atoms with Gasteiger partial charge in [0.2, 0.25) is 5.91 Å². The third-order valence-corrected chi connectivity index (χ3v) is 4.21. The predicted octanol–water partition coefficient (Wildman–Crippen LogP) is 3.88. The second-order valence-electron chi connectivity index (χ2n) is 8.08. The Morgan fingerprint density at radius 1 is 0.967 bits per heavy atom. The molecule has 0 fully saturated rings. The molecule has 2 aromatic rings. The first-order valence-electron chi connectivity index (χ1n) is 10.0. The maximum absolute atomic E-state index is 12.5. The third kappa shape index (κ3) is 8.66. The molecule has 0 aliphatic heterocycles. The largest absolute Gasteiger partial charge is 0.489 e. The van der Waals surface area contributed by atoms with Crippen molar-refractivity contribution >= 4 is 11.9 Å². The van der Waals surface area contributed by atoms with Crippen molar-refractivity contribution in [2.45, 2.75) is 45.9 Å². The summed E-state index contributed by atoms with van der Waals surface area (Å²) in [6.07, 6.45) is -0.0246. The zero-order valence-electron chi connectivity index (χ0n) is 18.1. The number of hydrogen-bond donors (Lipinski definition) is 1. The average Bonchev–Trinajstić information content (AvgIpc) is 2.70. The molecule has 6 heteroatoms. The van der Waals surface area contributed by atoms with Crippen molar-refractivity contribution in [3.05, 3.63) is 65.7 Å². The molecule has 0 aliphatic carbocycles. The molecule has 0 saturated carbocycles. The minimum atomic E-state index is -0.599. The number of carbonyl (C=O) groups excluding carboxylic acids is 2. The lowest BCUT2D eigenvalue weighted by atomic mass is 10.1. The average molecular weight is 414 g/mol. The van der Waals surface area contributed by atoms with Crippen LogP contribution >= 0.6 is 0 Å². The second-order valence-corrected chi connectivity index (χ2v) is 8.08. The smallest absolute Gasteiger partial charge is 0.307 e. The lowest BCUT2D eigenvalue weighted by Gasteiger charge is -2.21. The van der Waals surface area contributed by atoms with E-state index in [2.05, 4.69) is 5.32 Å². The highest BCUT2D eigenvalue weighted by Gasteiger charge is 2.25. The van der Waals surface area contributed by atoms with Crippen LogP contribution in [0, 0.1) is 5.92 Å². The van der Waals surface area contributed by atoms with Gasteiger partial charge in [-0.15, -0.1) is 0 Å². The summed E-state index contributed by atoms with van der Waals surface area (Å²) >= 11 is 0. The molecular weight excluding hydrogens is 382 g/mol.